The second-order valence-corrected chi connectivity index (χ2v) is 6.85. The molecular weight excluding hydrogens is 238 g/mol. The van der Waals surface area contributed by atoms with Gasteiger partial charge in [-0.3, -0.25) is 5.10 Å². The summed E-state index contributed by atoms with van der Waals surface area (Å²) in [4.78, 5) is 0. The van der Waals surface area contributed by atoms with Gasteiger partial charge in [0.1, 0.15) is 0 Å². The zero-order valence-corrected chi connectivity index (χ0v) is 11.1. The Labute approximate surface area is 102 Å². The summed E-state index contributed by atoms with van der Waals surface area (Å²) in [7, 11) is -3.18. The van der Waals surface area contributed by atoms with Gasteiger partial charge in [0.05, 0.1) is 17.0 Å². The molecule has 2 rings (SSSR count). The minimum absolute atomic E-state index is 0.0588. The van der Waals surface area contributed by atoms with Gasteiger partial charge in [-0.2, -0.15) is 9.40 Å². The van der Waals surface area contributed by atoms with Crippen molar-refractivity contribution in [1.82, 2.24) is 14.5 Å². The maximum Gasteiger partial charge on any atom is 0.217 e. The lowest BCUT2D eigenvalue weighted by molar-refractivity contribution is 0.384. The lowest BCUT2D eigenvalue weighted by atomic mass is 10.2. The van der Waals surface area contributed by atoms with Crippen LogP contribution in [0.2, 0.25) is 0 Å². The van der Waals surface area contributed by atoms with Crippen LogP contribution in [0.4, 0.5) is 0 Å². The third kappa shape index (κ3) is 2.24. The molecule has 0 saturated carbocycles. The van der Waals surface area contributed by atoms with Crippen molar-refractivity contribution >= 4 is 10.0 Å². The number of hydrogen-bond donors (Lipinski definition) is 1. The van der Waals surface area contributed by atoms with Crippen LogP contribution in [0.3, 0.4) is 0 Å². The molecule has 0 aliphatic carbocycles. The number of hydrogen-bond acceptors (Lipinski definition) is 3. The van der Waals surface area contributed by atoms with Crippen molar-refractivity contribution in [1.29, 1.82) is 0 Å². The lowest BCUT2D eigenvalue weighted by Gasteiger charge is -2.26. The lowest BCUT2D eigenvalue weighted by Crippen LogP contribution is -2.37. The zero-order chi connectivity index (χ0) is 12.5. The summed E-state index contributed by atoms with van der Waals surface area (Å²) in [6.07, 6.45) is 4.10. The molecule has 1 aliphatic heterocycles. The van der Waals surface area contributed by atoms with Crippen LogP contribution in [0.1, 0.15) is 44.8 Å². The Bertz CT molecular complexity index is 455. The Hall–Kier alpha value is -0.880. The van der Waals surface area contributed by atoms with E-state index in [0.717, 1.165) is 18.5 Å². The number of nitrogens with one attached hydrogen (secondary N) is 1. The summed E-state index contributed by atoms with van der Waals surface area (Å²) < 4.78 is 26.4. The number of aromatic amines is 1. The maximum atomic E-state index is 12.4. The summed E-state index contributed by atoms with van der Waals surface area (Å²) in [5.41, 5.74) is 0.898. The van der Waals surface area contributed by atoms with Crippen molar-refractivity contribution in [2.45, 2.75) is 44.4 Å². The van der Waals surface area contributed by atoms with E-state index < -0.39 is 10.0 Å². The molecule has 1 aromatic heterocycles. The van der Waals surface area contributed by atoms with Crippen molar-refractivity contribution in [3.63, 3.8) is 0 Å². The second-order valence-electron chi connectivity index (χ2n) is 4.54. The van der Waals surface area contributed by atoms with Crippen LogP contribution in [0.15, 0.2) is 12.3 Å². The van der Waals surface area contributed by atoms with Crippen LogP contribution >= 0.6 is 0 Å². The molecule has 1 fully saturated rings. The Kier molecular flexibility index (Phi) is 3.53. The molecule has 2 unspecified atom stereocenters. The number of sulfonamides is 1. The van der Waals surface area contributed by atoms with Gasteiger partial charge in [-0.15, -0.1) is 0 Å². The molecule has 0 radical (unpaired) electrons. The first-order valence-electron chi connectivity index (χ1n) is 6.07. The molecule has 6 heteroatoms. The fourth-order valence-electron chi connectivity index (χ4n) is 2.25. The standard InChI is InChI=1S/C11H19N3O2S/c1-3-9(2)17(15,16)14-8-4-5-11(14)10-6-7-12-13-10/h6-7,9,11H,3-5,8H2,1-2H3,(H,12,13). The number of aromatic nitrogens is 2. The fraction of sp³-hybridized carbons (Fsp3) is 0.727. The fourth-order valence-corrected chi connectivity index (χ4v) is 4.09. The van der Waals surface area contributed by atoms with E-state index in [1.54, 1.807) is 17.4 Å². The van der Waals surface area contributed by atoms with Gasteiger partial charge in [0.25, 0.3) is 0 Å². The van der Waals surface area contributed by atoms with E-state index in [4.69, 9.17) is 0 Å². The Morgan fingerprint density at radius 2 is 2.41 bits per heavy atom. The second kappa shape index (κ2) is 4.78. The smallest absolute Gasteiger partial charge is 0.217 e. The molecule has 1 aliphatic rings. The van der Waals surface area contributed by atoms with Crippen LogP contribution in [0, 0.1) is 0 Å². The summed E-state index contributed by atoms with van der Waals surface area (Å²) in [6, 6.07) is 1.80. The predicted octanol–water partition coefficient (Wildman–Crippen LogP) is 1.67. The molecule has 0 bridgehead atoms. The minimum Gasteiger partial charge on any atom is -0.281 e. The van der Waals surface area contributed by atoms with Gasteiger partial charge in [0.2, 0.25) is 10.0 Å². The zero-order valence-electron chi connectivity index (χ0n) is 10.3. The van der Waals surface area contributed by atoms with Crippen LogP contribution in [0.5, 0.6) is 0 Å². The van der Waals surface area contributed by atoms with Crippen LogP contribution in [0.25, 0.3) is 0 Å². The highest BCUT2D eigenvalue weighted by molar-refractivity contribution is 7.89. The van der Waals surface area contributed by atoms with E-state index in [-0.39, 0.29) is 11.3 Å². The summed E-state index contributed by atoms with van der Waals surface area (Å²) in [6.45, 7) is 4.30. The van der Waals surface area contributed by atoms with E-state index in [1.165, 1.54) is 0 Å². The van der Waals surface area contributed by atoms with Crippen molar-refractivity contribution in [3.05, 3.63) is 18.0 Å². The molecule has 5 nitrogen and oxygen atoms in total. The molecule has 0 spiro atoms. The van der Waals surface area contributed by atoms with Crippen molar-refractivity contribution in [3.8, 4) is 0 Å². The highest BCUT2D eigenvalue weighted by Gasteiger charge is 2.38. The molecular formula is C11H19N3O2S. The SMILES string of the molecule is CCC(C)S(=O)(=O)N1CCCC1c1ccn[nH]1. The first-order valence-corrected chi connectivity index (χ1v) is 7.57. The molecule has 0 amide bonds. The van der Waals surface area contributed by atoms with Crippen LogP contribution in [-0.4, -0.2) is 34.7 Å². The van der Waals surface area contributed by atoms with Crippen LogP contribution in [-0.2, 0) is 10.0 Å². The molecule has 0 aromatic carbocycles. The first-order chi connectivity index (χ1) is 8.07. The quantitative estimate of drug-likeness (QED) is 0.892. The third-order valence-corrected chi connectivity index (χ3v) is 5.94. The average Bonchev–Trinajstić information content (AvgIpc) is 2.96. The average molecular weight is 257 g/mol. The van der Waals surface area contributed by atoms with Gasteiger partial charge in [0, 0.05) is 12.7 Å². The molecule has 17 heavy (non-hydrogen) atoms. The van der Waals surface area contributed by atoms with E-state index in [2.05, 4.69) is 10.2 Å². The monoisotopic (exact) mass is 257 g/mol. The highest BCUT2D eigenvalue weighted by atomic mass is 32.2. The van der Waals surface area contributed by atoms with E-state index in [9.17, 15) is 8.42 Å². The highest BCUT2D eigenvalue weighted by Crippen LogP contribution is 2.34. The summed E-state index contributed by atoms with van der Waals surface area (Å²) in [5, 5.41) is 6.47. The summed E-state index contributed by atoms with van der Waals surface area (Å²) in [5.74, 6) is 0. The molecule has 2 atom stereocenters. The van der Waals surface area contributed by atoms with E-state index >= 15 is 0 Å². The maximum absolute atomic E-state index is 12.4. The Morgan fingerprint density at radius 1 is 1.65 bits per heavy atom. The van der Waals surface area contributed by atoms with Gasteiger partial charge in [-0.1, -0.05) is 6.92 Å². The molecule has 1 aromatic rings. The minimum atomic E-state index is -3.18. The van der Waals surface area contributed by atoms with Crippen LogP contribution < -0.4 is 0 Å². The predicted molar refractivity (Wildman–Crippen MR) is 65.9 cm³/mol. The van der Waals surface area contributed by atoms with Gasteiger partial charge >= 0.3 is 0 Å². The first kappa shape index (κ1) is 12.6. The van der Waals surface area contributed by atoms with Crippen molar-refractivity contribution < 1.29 is 8.42 Å². The van der Waals surface area contributed by atoms with Gasteiger partial charge in [-0.25, -0.2) is 8.42 Å². The molecule has 1 N–H and O–H groups in total. The summed E-state index contributed by atoms with van der Waals surface area (Å²) >= 11 is 0. The van der Waals surface area contributed by atoms with Gasteiger partial charge in [-0.05, 0) is 32.3 Å². The Balaban J connectivity index is 2.26. The largest absolute Gasteiger partial charge is 0.281 e. The van der Waals surface area contributed by atoms with Crippen molar-refractivity contribution in [2.75, 3.05) is 6.54 Å². The molecule has 2 heterocycles. The normalized spacial score (nSPS) is 24.0. The van der Waals surface area contributed by atoms with E-state index in [1.807, 2.05) is 13.0 Å². The van der Waals surface area contributed by atoms with Gasteiger partial charge in [0.15, 0.2) is 0 Å². The molecule has 1 saturated heterocycles. The third-order valence-electron chi connectivity index (χ3n) is 3.50. The Morgan fingerprint density at radius 3 is 3.00 bits per heavy atom. The topological polar surface area (TPSA) is 66.1 Å². The number of H-pyrrole nitrogens is 1. The van der Waals surface area contributed by atoms with Crippen molar-refractivity contribution in [2.24, 2.45) is 0 Å². The number of nitrogens with zero attached hydrogens (tertiary/aromatic N) is 2. The van der Waals surface area contributed by atoms with Gasteiger partial charge < -0.3 is 0 Å². The molecule has 96 valence electrons. The number of rotatable bonds is 4. The van der Waals surface area contributed by atoms with E-state index in [0.29, 0.717) is 13.0 Å².